The Morgan fingerprint density at radius 2 is 1.96 bits per heavy atom. The van der Waals surface area contributed by atoms with Gasteiger partial charge in [-0.1, -0.05) is 23.7 Å². The van der Waals surface area contributed by atoms with Crippen LogP contribution in [0.15, 0.2) is 47.7 Å². The van der Waals surface area contributed by atoms with E-state index in [1.807, 2.05) is 35.2 Å². The number of ether oxygens (including phenoxy) is 3. The number of rotatable bonds is 3. The second kappa shape index (κ2) is 6.18. The fraction of sp³-hybridized carbons (Fsp3) is 0.250. The monoisotopic (exact) mass is 385 g/mol. The number of benzene rings is 2. The first-order chi connectivity index (χ1) is 13.2. The molecule has 6 nitrogen and oxygen atoms in total. The smallest absolute Gasteiger partial charge is 0.337 e. The number of aliphatic hydroxyl groups excluding tert-OH is 1. The average Bonchev–Trinajstić information content (AvgIpc) is 3.27. The lowest BCUT2D eigenvalue weighted by Gasteiger charge is -2.35. The fourth-order valence-corrected chi connectivity index (χ4v) is 4.21. The van der Waals surface area contributed by atoms with Gasteiger partial charge in [0.1, 0.15) is 6.61 Å². The molecular weight excluding hydrogens is 370 g/mol. The number of nitrogens with zero attached hydrogens (tertiary/aromatic N) is 1. The molecule has 2 aromatic carbocycles. The number of anilines is 1. The zero-order chi connectivity index (χ0) is 18.5. The lowest BCUT2D eigenvalue weighted by molar-refractivity contribution is -0.136. The van der Waals surface area contributed by atoms with Crippen LogP contribution in [-0.4, -0.2) is 37.6 Å². The van der Waals surface area contributed by atoms with Crippen LogP contribution in [0.3, 0.4) is 0 Å². The van der Waals surface area contributed by atoms with Crippen LogP contribution in [0.2, 0.25) is 5.02 Å². The van der Waals surface area contributed by atoms with Crippen molar-refractivity contribution < 1.29 is 24.1 Å². The minimum Gasteiger partial charge on any atom is -0.456 e. The van der Waals surface area contributed by atoms with Gasteiger partial charge in [-0.15, -0.1) is 0 Å². The Kier molecular flexibility index (Phi) is 3.77. The molecule has 1 atom stereocenters. The Morgan fingerprint density at radius 1 is 1.15 bits per heavy atom. The van der Waals surface area contributed by atoms with E-state index in [0.29, 0.717) is 28.6 Å². The number of β-amino-alcohol motifs (C(OH)–C–C–N with tert-alkyl or cyclic N) is 1. The highest BCUT2D eigenvalue weighted by Crippen LogP contribution is 2.51. The van der Waals surface area contributed by atoms with Crippen molar-refractivity contribution in [1.29, 1.82) is 0 Å². The molecule has 0 amide bonds. The topological polar surface area (TPSA) is 68.2 Å². The van der Waals surface area contributed by atoms with Crippen molar-refractivity contribution in [3.8, 4) is 11.5 Å². The summed E-state index contributed by atoms with van der Waals surface area (Å²) in [7, 11) is 0. The first kappa shape index (κ1) is 16.5. The predicted octanol–water partition coefficient (Wildman–Crippen LogP) is 2.82. The van der Waals surface area contributed by atoms with Crippen molar-refractivity contribution in [1.82, 2.24) is 0 Å². The number of esters is 1. The minimum atomic E-state index is -0.346. The zero-order valence-corrected chi connectivity index (χ0v) is 15.0. The molecule has 1 N–H and O–H groups in total. The van der Waals surface area contributed by atoms with Gasteiger partial charge in [-0.3, -0.25) is 0 Å². The summed E-state index contributed by atoms with van der Waals surface area (Å²) in [4.78, 5) is 14.5. The van der Waals surface area contributed by atoms with Gasteiger partial charge in [0.2, 0.25) is 6.79 Å². The van der Waals surface area contributed by atoms with Gasteiger partial charge in [-0.25, -0.2) is 4.79 Å². The average molecular weight is 386 g/mol. The number of hydrogen-bond donors (Lipinski definition) is 1. The number of hydrogen-bond acceptors (Lipinski definition) is 6. The van der Waals surface area contributed by atoms with Crippen LogP contribution in [0.4, 0.5) is 5.69 Å². The van der Waals surface area contributed by atoms with Gasteiger partial charge in [-0.2, -0.15) is 0 Å². The van der Waals surface area contributed by atoms with Gasteiger partial charge in [-0.05, 0) is 29.3 Å². The lowest BCUT2D eigenvalue weighted by atomic mass is 9.80. The van der Waals surface area contributed by atoms with Crippen LogP contribution in [-0.2, 0) is 9.53 Å². The van der Waals surface area contributed by atoms with E-state index in [2.05, 4.69) is 0 Å². The van der Waals surface area contributed by atoms with Crippen molar-refractivity contribution in [3.05, 3.63) is 63.8 Å². The van der Waals surface area contributed by atoms with Gasteiger partial charge in [0, 0.05) is 29.2 Å². The molecule has 0 saturated carbocycles. The molecule has 3 heterocycles. The fourth-order valence-electron chi connectivity index (χ4n) is 4.02. The Bertz CT molecular complexity index is 986. The Hall–Kier alpha value is -2.70. The summed E-state index contributed by atoms with van der Waals surface area (Å²) in [6.07, 6.45) is 0. The third kappa shape index (κ3) is 2.48. The summed E-state index contributed by atoms with van der Waals surface area (Å²) in [5.41, 5.74) is 4.02. The van der Waals surface area contributed by atoms with Crippen LogP contribution in [0, 0.1) is 0 Å². The summed E-state index contributed by atoms with van der Waals surface area (Å²) >= 11 is 6.22. The second-order valence-electron chi connectivity index (χ2n) is 6.56. The number of cyclic esters (lactones) is 1. The third-order valence-electron chi connectivity index (χ3n) is 5.11. The molecule has 5 rings (SSSR count). The first-order valence-electron chi connectivity index (χ1n) is 8.65. The van der Waals surface area contributed by atoms with E-state index < -0.39 is 0 Å². The summed E-state index contributed by atoms with van der Waals surface area (Å²) in [5.74, 6) is 0.616. The number of carbonyl (C=O) groups is 1. The van der Waals surface area contributed by atoms with Crippen LogP contribution in [0.5, 0.6) is 11.5 Å². The molecule has 138 valence electrons. The highest BCUT2D eigenvalue weighted by atomic mass is 35.5. The maximum absolute atomic E-state index is 12.6. The number of carbonyl (C=O) groups excluding carboxylic acids is 1. The highest BCUT2D eigenvalue weighted by Gasteiger charge is 2.42. The molecule has 3 aliphatic rings. The molecule has 7 heteroatoms. The van der Waals surface area contributed by atoms with Crippen LogP contribution >= 0.6 is 11.6 Å². The second-order valence-corrected chi connectivity index (χ2v) is 7.00. The maximum Gasteiger partial charge on any atom is 0.337 e. The Balaban J connectivity index is 1.77. The quantitative estimate of drug-likeness (QED) is 0.819. The summed E-state index contributed by atoms with van der Waals surface area (Å²) in [6, 6.07) is 11.3. The van der Waals surface area contributed by atoms with Crippen LogP contribution in [0.25, 0.3) is 0 Å². The normalized spacial score (nSPS) is 19.9. The third-order valence-corrected chi connectivity index (χ3v) is 5.35. The first-order valence-corrected chi connectivity index (χ1v) is 9.02. The van der Waals surface area contributed by atoms with E-state index in [1.165, 1.54) is 0 Å². The SMILES string of the molecule is O=C1OCC2=C1C(c1cccc(Cl)c1)c1cc3c(cc1N2CCO)OCO3. The van der Waals surface area contributed by atoms with Crippen molar-refractivity contribution in [3.63, 3.8) is 0 Å². The van der Waals surface area contributed by atoms with Gasteiger partial charge in [0.15, 0.2) is 11.5 Å². The van der Waals surface area contributed by atoms with Crippen LogP contribution in [0.1, 0.15) is 17.0 Å². The summed E-state index contributed by atoms with van der Waals surface area (Å²) < 4.78 is 16.5. The molecule has 1 unspecified atom stereocenters. The Labute approximate surface area is 160 Å². The summed E-state index contributed by atoms with van der Waals surface area (Å²) in [6.45, 7) is 0.638. The van der Waals surface area contributed by atoms with Gasteiger partial charge < -0.3 is 24.2 Å². The van der Waals surface area contributed by atoms with Gasteiger partial charge >= 0.3 is 5.97 Å². The van der Waals surface area contributed by atoms with E-state index in [1.54, 1.807) is 6.07 Å². The Morgan fingerprint density at radius 3 is 2.74 bits per heavy atom. The molecule has 2 aromatic rings. The van der Waals surface area contributed by atoms with E-state index >= 15 is 0 Å². The van der Waals surface area contributed by atoms with Crippen molar-refractivity contribution in [2.75, 3.05) is 31.5 Å². The molecule has 0 bridgehead atoms. The molecule has 0 fully saturated rings. The van der Waals surface area contributed by atoms with E-state index in [0.717, 1.165) is 22.5 Å². The predicted molar refractivity (Wildman–Crippen MR) is 98.3 cm³/mol. The van der Waals surface area contributed by atoms with E-state index in [-0.39, 0.29) is 31.9 Å². The minimum absolute atomic E-state index is 0.0549. The van der Waals surface area contributed by atoms with Crippen molar-refractivity contribution >= 4 is 23.3 Å². The lowest BCUT2D eigenvalue weighted by Crippen LogP contribution is -2.33. The summed E-state index contributed by atoms with van der Waals surface area (Å²) in [5, 5.41) is 10.2. The largest absolute Gasteiger partial charge is 0.456 e. The molecule has 27 heavy (non-hydrogen) atoms. The highest BCUT2D eigenvalue weighted by molar-refractivity contribution is 6.30. The number of fused-ring (bicyclic) bond motifs is 2. The van der Waals surface area contributed by atoms with Crippen molar-refractivity contribution in [2.45, 2.75) is 5.92 Å². The van der Waals surface area contributed by atoms with E-state index in [4.69, 9.17) is 25.8 Å². The number of halogens is 1. The van der Waals surface area contributed by atoms with Gasteiger partial charge in [0.25, 0.3) is 0 Å². The molecule has 0 aromatic heterocycles. The standard InChI is InChI=1S/C20H16ClNO5/c21-12-3-1-2-11(6-12)18-13-7-16-17(27-10-26-16)8-14(13)22(4-5-23)15-9-25-20(24)19(15)18/h1-3,6-8,18,23H,4-5,9-10H2. The van der Waals surface area contributed by atoms with Crippen molar-refractivity contribution in [2.24, 2.45) is 0 Å². The van der Waals surface area contributed by atoms with E-state index in [9.17, 15) is 9.90 Å². The molecule has 0 spiro atoms. The maximum atomic E-state index is 12.6. The molecule has 0 radical (unpaired) electrons. The number of aliphatic hydroxyl groups is 1. The zero-order valence-electron chi connectivity index (χ0n) is 14.3. The molecule has 0 aliphatic carbocycles. The van der Waals surface area contributed by atoms with Crippen LogP contribution < -0.4 is 14.4 Å². The molecule has 0 saturated heterocycles. The molecular formula is C20H16ClNO5. The molecule has 3 aliphatic heterocycles. The van der Waals surface area contributed by atoms with Gasteiger partial charge in [0.05, 0.1) is 17.9 Å².